The highest BCUT2D eigenvalue weighted by Crippen LogP contribution is 2.43. The van der Waals surface area contributed by atoms with Crippen molar-refractivity contribution in [2.75, 3.05) is 57.8 Å². The molecule has 9 nitrogen and oxygen atoms in total. The number of fused-ring (bicyclic) bond motifs is 4. The van der Waals surface area contributed by atoms with E-state index in [1.165, 1.54) is 50.9 Å². The smallest absolute Gasteiger partial charge is 0.262 e. The molecule has 4 heterocycles. The largest absolute Gasteiger partial charge is 1.00 e. The van der Waals surface area contributed by atoms with Crippen LogP contribution in [-0.2, 0) is 15.1 Å². The Morgan fingerprint density at radius 1 is 1.09 bits per heavy atom. The summed E-state index contributed by atoms with van der Waals surface area (Å²) in [6.45, 7) is 5.96. The van der Waals surface area contributed by atoms with Crippen LogP contribution in [0.25, 0.3) is 0 Å². The van der Waals surface area contributed by atoms with Crippen LogP contribution in [0.3, 0.4) is 0 Å². The van der Waals surface area contributed by atoms with Crippen LogP contribution in [0, 0.1) is 11.8 Å². The van der Waals surface area contributed by atoms with Gasteiger partial charge in [-0.3, -0.25) is 4.79 Å². The molecule has 0 aromatic heterocycles. The Morgan fingerprint density at radius 3 is 2.59 bits per heavy atom. The third-order valence-electron chi connectivity index (χ3n) is 10.5. The summed E-state index contributed by atoms with van der Waals surface area (Å²) in [5.74, 6) is 0.960. The monoisotopic (exact) mass is 673 g/mol. The van der Waals surface area contributed by atoms with Gasteiger partial charge < -0.3 is 56.9 Å². The number of unbranched alkanes of at least 4 members (excludes halogenated alkanes) is 1. The Hall–Kier alpha value is -2.21. The summed E-state index contributed by atoms with van der Waals surface area (Å²) in [7, 11) is 0. The van der Waals surface area contributed by atoms with E-state index in [9.17, 15) is 20.1 Å². The van der Waals surface area contributed by atoms with Crippen molar-refractivity contribution < 1.29 is 51.1 Å². The number of rotatable bonds is 13. The second-order valence-electron chi connectivity index (χ2n) is 13.3. The predicted octanol–water partition coefficient (Wildman–Crippen LogP) is 0.834. The summed E-state index contributed by atoms with van der Waals surface area (Å²) < 4.78 is 13.3. The van der Waals surface area contributed by atoms with Gasteiger partial charge in [-0.25, -0.2) is 0 Å². The van der Waals surface area contributed by atoms with Crippen LogP contribution in [0.5, 0.6) is 11.5 Å². The van der Waals surface area contributed by atoms with Gasteiger partial charge in [-0.15, -0.1) is 0 Å². The zero-order valence-electron chi connectivity index (χ0n) is 25.6. The Balaban J connectivity index is 0.00000384. The molecular weight excluding hydrogens is 626 g/mol. The Bertz CT molecular complexity index is 1250. The molecule has 10 heteroatoms. The van der Waals surface area contributed by atoms with Gasteiger partial charge in [0, 0.05) is 36.9 Å². The van der Waals surface area contributed by atoms with Crippen molar-refractivity contribution in [3.05, 3.63) is 53.6 Å². The molecule has 3 atom stereocenters. The van der Waals surface area contributed by atoms with Gasteiger partial charge in [-0.05, 0) is 49.8 Å². The van der Waals surface area contributed by atoms with E-state index in [0.717, 1.165) is 55.4 Å². The average molecular weight is 675 g/mol. The molecule has 2 bridgehead atoms. The lowest BCUT2D eigenvalue weighted by Crippen LogP contribution is -3.00. The fourth-order valence-corrected chi connectivity index (χ4v) is 8.03. The highest BCUT2D eigenvalue weighted by Gasteiger charge is 2.48. The van der Waals surface area contributed by atoms with E-state index in [2.05, 4.69) is 22.8 Å². The maximum absolute atomic E-state index is 12.0. The van der Waals surface area contributed by atoms with Gasteiger partial charge in [0.2, 0.25) is 0 Å². The van der Waals surface area contributed by atoms with Crippen molar-refractivity contribution in [3.63, 3.8) is 0 Å². The fourth-order valence-electron chi connectivity index (χ4n) is 8.03. The first-order valence-corrected chi connectivity index (χ1v) is 16.3. The first-order chi connectivity index (χ1) is 20.9. The number of nitrogens with one attached hydrogen (secondary N) is 2. The van der Waals surface area contributed by atoms with E-state index in [4.69, 9.17) is 9.47 Å². The van der Waals surface area contributed by atoms with E-state index < -0.39 is 11.7 Å². The van der Waals surface area contributed by atoms with Gasteiger partial charge in [0.25, 0.3) is 5.91 Å². The lowest BCUT2D eigenvalue weighted by atomic mass is 9.80. The zero-order chi connectivity index (χ0) is 29.9. The van der Waals surface area contributed by atoms with E-state index in [0.29, 0.717) is 36.1 Å². The number of aromatic hydroxyl groups is 1. The van der Waals surface area contributed by atoms with Gasteiger partial charge >= 0.3 is 0 Å². The van der Waals surface area contributed by atoms with Crippen LogP contribution in [0.1, 0.15) is 68.6 Å². The molecule has 1 amide bonds. The number of aliphatic hydroxyl groups excluding tert-OH is 1. The quantitative estimate of drug-likeness (QED) is 0.158. The molecule has 2 aromatic rings. The molecule has 242 valence electrons. The maximum atomic E-state index is 12.0. The topological polar surface area (TPSA) is 120 Å². The average Bonchev–Trinajstić information content (AvgIpc) is 3.58. The number of hydrogen-bond donors (Lipinski definition) is 5. The minimum Gasteiger partial charge on any atom is -1.00 e. The molecule has 0 unspecified atom stereocenters. The van der Waals surface area contributed by atoms with Crippen LogP contribution in [0.2, 0.25) is 0 Å². The Morgan fingerprint density at radius 2 is 1.84 bits per heavy atom. The van der Waals surface area contributed by atoms with Gasteiger partial charge in [0.1, 0.15) is 29.7 Å². The number of aliphatic hydroxyl groups is 2. The molecule has 4 aliphatic heterocycles. The standard InChI is InChI=1S/C34H47N3O6.BrH/c38-27-18-28(33-29(19-27)36-32(40)22-42-33)30(39)20-35-14-6-7-15-37-16-12-24(13-17-37)31(21-37)43-23-34(41,26-10-4-5-11-26)25-8-2-1-3-9-25;/h1-3,8-9,18-19,24,26,30-31,35,39,41H,4-7,10-17,20-23H2,(H-,36,38,40);1H/t24?,30-,31-,34+,37?;/m0./s1. The number of carbonyl (C=O) groups excluding carboxylic acids is 1. The lowest BCUT2D eigenvalue weighted by Gasteiger charge is -2.53. The number of amides is 1. The summed E-state index contributed by atoms with van der Waals surface area (Å²) in [6.07, 6.45) is 8.32. The third-order valence-corrected chi connectivity index (χ3v) is 10.5. The number of benzene rings is 2. The van der Waals surface area contributed by atoms with Crippen molar-refractivity contribution in [1.82, 2.24) is 5.32 Å². The van der Waals surface area contributed by atoms with Crippen molar-refractivity contribution >= 4 is 11.6 Å². The molecule has 3 saturated heterocycles. The number of anilines is 1. The van der Waals surface area contributed by atoms with E-state index in [-0.39, 0.29) is 47.3 Å². The molecule has 1 saturated carbocycles. The molecule has 1 aliphatic carbocycles. The van der Waals surface area contributed by atoms with Crippen LogP contribution >= 0.6 is 0 Å². The van der Waals surface area contributed by atoms with Crippen molar-refractivity contribution in [2.24, 2.45) is 11.8 Å². The second-order valence-corrected chi connectivity index (χ2v) is 13.3. The zero-order valence-corrected chi connectivity index (χ0v) is 27.1. The number of halogens is 1. The Labute approximate surface area is 271 Å². The molecule has 5 N–H and O–H groups in total. The fraction of sp³-hybridized carbons (Fsp3) is 0.618. The minimum absolute atomic E-state index is 0. The molecule has 5 aliphatic rings. The number of quaternary nitrogens is 1. The summed E-state index contributed by atoms with van der Waals surface area (Å²) in [5.41, 5.74) is 0.932. The number of ether oxygens (including phenoxy) is 2. The van der Waals surface area contributed by atoms with Crippen LogP contribution < -0.4 is 32.4 Å². The summed E-state index contributed by atoms with van der Waals surface area (Å²) in [5, 5.41) is 38.9. The SMILES string of the molecule is O=C1COc2c(cc(O)cc2[C@@H](O)CNCCCC[N+]23CCC(CC2)[C@@H](OC[C@@](O)(c2ccccc2)C2CCCC2)C3)N1.[Br-]. The number of piperidine rings is 3. The molecular formula is C34H48BrN3O6. The number of nitrogens with zero attached hydrogens (tertiary/aromatic N) is 1. The molecule has 0 spiro atoms. The minimum atomic E-state index is -0.914. The third kappa shape index (κ3) is 7.26. The number of hydrogen-bond acceptors (Lipinski definition) is 7. The van der Waals surface area contributed by atoms with Gasteiger partial charge in [0.05, 0.1) is 38.0 Å². The normalized spacial score (nSPS) is 26.6. The summed E-state index contributed by atoms with van der Waals surface area (Å²) in [6, 6.07) is 13.1. The first kappa shape index (κ1) is 33.2. The first-order valence-electron chi connectivity index (χ1n) is 16.3. The van der Waals surface area contributed by atoms with Crippen molar-refractivity contribution in [3.8, 4) is 11.5 Å². The molecule has 7 rings (SSSR count). The molecule has 2 aromatic carbocycles. The van der Waals surface area contributed by atoms with Gasteiger partial charge in [0.15, 0.2) is 6.61 Å². The second kappa shape index (κ2) is 14.5. The van der Waals surface area contributed by atoms with Gasteiger partial charge in [-0.2, -0.15) is 0 Å². The number of phenols is 1. The van der Waals surface area contributed by atoms with E-state index in [1.54, 1.807) is 0 Å². The summed E-state index contributed by atoms with van der Waals surface area (Å²) in [4.78, 5) is 11.6. The molecule has 4 fully saturated rings. The van der Waals surface area contributed by atoms with Crippen molar-refractivity contribution in [1.29, 1.82) is 0 Å². The summed E-state index contributed by atoms with van der Waals surface area (Å²) >= 11 is 0. The van der Waals surface area contributed by atoms with Gasteiger partial charge in [-0.1, -0.05) is 43.2 Å². The van der Waals surface area contributed by atoms with Crippen LogP contribution in [0.15, 0.2) is 42.5 Å². The van der Waals surface area contributed by atoms with E-state index >= 15 is 0 Å². The van der Waals surface area contributed by atoms with Crippen LogP contribution in [-0.4, -0.2) is 84.3 Å². The maximum Gasteiger partial charge on any atom is 0.262 e. The molecule has 44 heavy (non-hydrogen) atoms. The highest BCUT2D eigenvalue weighted by atomic mass is 79.9. The Kier molecular flexibility index (Phi) is 10.9. The predicted molar refractivity (Wildman–Crippen MR) is 164 cm³/mol. The number of phenolic OH excluding ortho intramolecular Hbond substituents is 1. The van der Waals surface area contributed by atoms with E-state index in [1.807, 2.05) is 18.2 Å². The lowest BCUT2D eigenvalue weighted by molar-refractivity contribution is -0.946. The molecule has 0 radical (unpaired) electrons. The highest BCUT2D eigenvalue weighted by molar-refractivity contribution is 5.96. The van der Waals surface area contributed by atoms with Crippen molar-refractivity contribution in [2.45, 2.75) is 69.2 Å². The van der Waals surface area contributed by atoms with Crippen LogP contribution in [0.4, 0.5) is 5.69 Å². The number of carbonyl (C=O) groups is 1.